The molecule has 36 heavy (non-hydrogen) atoms. The van der Waals surface area contributed by atoms with Crippen molar-refractivity contribution in [1.82, 2.24) is 4.98 Å². The number of phenolic OH excluding ortho intramolecular Hbond substituents is 1. The molecule has 1 aliphatic heterocycles. The van der Waals surface area contributed by atoms with E-state index >= 15 is 0 Å². The second kappa shape index (κ2) is 9.01. The zero-order chi connectivity index (χ0) is 25.6. The maximum absolute atomic E-state index is 13.4. The van der Waals surface area contributed by atoms with Crippen molar-refractivity contribution in [2.24, 2.45) is 0 Å². The average molecular weight is 503 g/mol. The number of hydrogen-bond acceptors (Lipinski definition) is 8. The number of benzene rings is 3. The number of Topliss-reactive ketones (excluding diaryl/α,β-unsaturated/α-hetero) is 1. The monoisotopic (exact) mass is 502 g/mol. The Morgan fingerprint density at radius 2 is 1.83 bits per heavy atom. The number of carbonyl (C=O) groups is 2. The molecule has 1 aliphatic rings. The maximum Gasteiger partial charge on any atom is 0.301 e. The molecule has 1 saturated heterocycles. The first kappa shape index (κ1) is 23.4. The van der Waals surface area contributed by atoms with Crippen LogP contribution < -0.4 is 14.4 Å². The highest BCUT2D eigenvalue weighted by molar-refractivity contribution is 7.22. The highest BCUT2D eigenvalue weighted by Gasteiger charge is 2.48. The second-order valence-corrected chi connectivity index (χ2v) is 9.31. The Bertz CT molecular complexity index is 1560. The van der Waals surface area contributed by atoms with E-state index in [1.807, 2.05) is 25.1 Å². The fourth-order valence-corrected chi connectivity index (χ4v) is 5.35. The number of amides is 1. The zero-order valence-corrected chi connectivity index (χ0v) is 20.5. The molecule has 0 radical (unpaired) electrons. The van der Waals surface area contributed by atoms with Crippen molar-refractivity contribution >= 4 is 44.1 Å². The summed E-state index contributed by atoms with van der Waals surface area (Å²) in [7, 11) is 2.90. The van der Waals surface area contributed by atoms with Crippen LogP contribution in [0.2, 0.25) is 0 Å². The van der Waals surface area contributed by atoms with Gasteiger partial charge in [0.15, 0.2) is 16.6 Å². The largest absolute Gasteiger partial charge is 0.507 e. The topological polar surface area (TPSA) is 109 Å². The summed E-state index contributed by atoms with van der Waals surface area (Å²) in [6, 6.07) is 15.9. The summed E-state index contributed by atoms with van der Waals surface area (Å²) in [6.45, 7) is 1.96. The third-order valence-corrected chi connectivity index (χ3v) is 7.06. The van der Waals surface area contributed by atoms with Gasteiger partial charge in [0.2, 0.25) is 0 Å². The Hall–Kier alpha value is -4.37. The van der Waals surface area contributed by atoms with E-state index in [1.54, 1.807) is 30.3 Å². The van der Waals surface area contributed by atoms with E-state index in [9.17, 15) is 19.8 Å². The molecule has 5 rings (SSSR count). The van der Waals surface area contributed by atoms with Gasteiger partial charge in [-0.25, -0.2) is 4.98 Å². The van der Waals surface area contributed by atoms with Crippen molar-refractivity contribution in [3.63, 3.8) is 0 Å². The number of aromatic nitrogens is 1. The maximum atomic E-state index is 13.4. The van der Waals surface area contributed by atoms with Crippen molar-refractivity contribution in [3.8, 4) is 17.2 Å². The van der Waals surface area contributed by atoms with Crippen LogP contribution in [-0.2, 0) is 9.59 Å². The van der Waals surface area contributed by atoms with Crippen LogP contribution in [0.15, 0.2) is 66.2 Å². The normalized spacial score (nSPS) is 17.1. The quantitative estimate of drug-likeness (QED) is 0.226. The van der Waals surface area contributed by atoms with Crippen LogP contribution in [0, 0.1) is 6.92 Å². The molecular formula is C27H22N2O6S. The number of thiazole rings is 1. The number of hydrogen-bond donors (Lipinski definition) is 2. The van der Waals surface area contributed by atoms with Crippen molar-refractivity contribution in [1.29, 1.82) is 0 Å². The Kier molecular flexibility index (Phi) is 5.85. The van der Waals surface area contributed by atoms with Gasteiger partial charge >= 0.3 is 5.91 Å². The number of fused-ring (bicyclic) bond motifs is 1. The van der Waals surface area contributed by atoms with Crippen molar-refractivity contribution in [3.05, 3.63) is 82.9 Å². The highest BCUT2D eigenvalue weighted by Crippen LogP contribution is 2.45. The van der Waals surface area contributed by atoms with E-state index in [-0.39, 0.29) is 22.8 Å². The number of ketones is 1. The third kappa shape index (κ3) is 3.83. The first-order chi connectivity index (χ1) is 17.3. The van der Waals surface area contributed by atoms with Crippen LogP contribution in [0.3, 0.4) is 0 Å². The molecule has 3 aromatic carbocycles. The molecule has 9 heteroatoms. The predicted molar refractivity (Wildman–Crippen MR) is 137 cm³/mol. The second-order valence-electron chi connectivity index (χ2n) is 8.30. The van der Waals surface area contributed by atoms with Crippen LogP contribution in [0.4, 0.5) is 5.13 Å². The summed E-state index contributed by atoms with van der Waals surface area (Å²) < 4.78 is 11.4. The first-order valence-corrected chi connectivity index (χ1v) is 11.8. The first-order valence-electron chi connectivity index (χ1n) is 11.0. The third-order valence-electron chi connectivity index (χ3n) is 6.05. The molecule has 4 aromatic rings. The molecule has 1 amide bonds. The molecule has 0 aliphatic carbocycles. The standard InChI is InChI=1S/C27H22N2O6S/c1-14-7-9-18-21(11-14)36-27(28-18)29-23(15-8-10-19(30)20(13-15)35-3)22(25(32)26(29)33)24(31)16-5-4-6-17(12-16)34-2/h4-13,23,30-31H,1-3H3/b24-22+/t23-/m0/s1. The number of nitrogens with zero attached hydrogens (tertiary/aromatic N) is 2. The molecular weight excluding hydrogens is 480 g/mol. The van der Waals surface area contributed by atoms with Gasteiger partial charge in [-0.3, -0.25) is 14.5 Å². The van der Waals surface area contributed by atoms with Gasteiger partial charge in [-0.05, 0) is 54.4 Å². The van der Waals surface area contributed by atoms with E-state index in [1.165, 1.54) is 42.6 Å². The van der Waals surface area contributed by atoms with Crippen LogP contribution in [0.1, 0.15) is 22.7 Å². The van der Waals surface area contributed by atoms with Gasteiger partial charge < -0.3 is 19.7 Å². The van der Waals surface area contributed by atoms with Gasteiger partial charge in [-0.15, -0.1) is 0 Å². The lowest BCUT2D eigenvalue weighted by Crippen LogP contribution is -2.29. The van der Waals surface area contributed by atoms with Crippen LogP contribution in [-0.4, -0.2) is 41.1 Å². The average Bonchev–Trinajstić information content (AvgIpc) is 3.41. The van der Waals surface area contributed by atoms with Crippen LogP contribution in [0.25, 0.3) is 16.0 Å². The number of ether oxygens (including phenoxy) is 2. The fraction of sp³-hybridized carbons (Fsp3) is 0.148. The predicted octanol–water partition coefficient (Wildman–Crippen LogP) is 4.95. The number of aryl methyl sites for hydroxylation is 1. The summed E-state index contributed by atoms with van der Waals surface area (Å²) in [5.41, 5.74) is 2.41. The molecule has 1 fully saturated rings. The molecule has 2 N–H and O–H groups in total. The molecule has 2 heterocycles. The van der Waals surface area contributed by atoms with Crippen molar-refractivity contribution in [2.75, 3.05) is 19.1 Å². The van der Waals surface area contributed by atoms with Crippen LogP contribution >= 0.6 is 11.3 Å². The van der Waals surface area contributed by atoms with Gasteiger partial charge in [-0.2, -0.15) is 0 Å². The fourth-order valence-electron chi connectivity index (χ4n) is 4.26. The van der Waals surface area contributed by atoms with E-state index in [4.69, 9.17) is 9.47 Å². The van der Waals surface area contributed by atoms with E-state index < -0.39 is 17.7 Å². The van der Waals surface area contributed by atoms with Crippen LogP contribution in [0.5, 0.6) is 17.2 Å². The van der Waals surface area contributed by atoms with Gasteiger partial charge in [0.05, 0.1) is 36.1 Å². The molecule has 1 aromatic heterocycles. The van der Waals surface area contributed by atoms with E-state index in [0.717, 1.165) is 10.3 Å². The number of aromatic hydroxyl groups is 1. The van der Waals surface area contributed by atoms with E-state index in [2.05, 4.69) is 4.98 Å². The summed E-state index contributed by atoms with van der Waals surface area (Å²) in [4.78, 5) is 32.7. The smallest absolute Gasteiger partial charge is 0.301 e. The van der Waals surface area contributed by atoms with Gasteiger partial charge in [0.25, 0.3) is 5.78 Å². The highest BCUT2D eigenvalue weighted by atomic mass is 32.1. The van der Waals surface area contributed by atoms with E-state index in [0.29, 0.717) is 27.5 Å². The van der Waals surface area contributed by atoms with Gasteiger partial charge in [0, 0.05) is 5.56 Å². The molecule has 8 nitrogen and oxygen atoms in total. The van der Waals surface area contributed by atoms with Gasteiger partial charge in [-0.1, -0.05) is 35.6 Å². The molecule has 0 saturated carbocycles. The molecule has 182 valence electrons. The number of aliphatic hydroxyl groups is 1. The summed E-state index contributed by atoms with van der Waals surface area (Å²) in [5.74, 6) is -1.45. The zero-order valence-electron chi connectivity index (χ0n) is 19.7. The Labute approximate surface area is 210 Å². The number of aliphatic hydroxyl groups excluding tert-OH is 1. The number of methoxy groups -OCH3 is 2. The molecule has 0 bridgehead atoms. The minimum absolute atomic E-state index is 0.0959. The van der Waals surface area contributed by atoms with Crippen molar-refractivity contribution < 1.29 is 29.3 Å². The lowest BCUT2D eigenvalue weighted by molar-refractivity contribution is -0.132. The Morgan fingerprint density at radius 1 is 1.03 bits per heavy atom. The molecule has 0 unspecified atom stereocenters. The van der Waals surface area contributed by atoms with Crippen molar-refractivity contribution in [2.45, 2.75) is 13.0 Å². The minimum Gasteiger partial charge on any atom is -0.507 e. The summed E-state index contributed by atoms with van der Waals surface area (Å²) >= 11 is 1.28. The number of carbonyl (C=O) groups excluding carboxylic acids is 2. The number of anilines is 1. The number of phenols is 1. The Balaban J connectivity index is 1.75. The molecule has 0 spiro atoms. The SMILES string of the molecule is COc1cccc(/C(O)=C2\C(=O)C(=O)N(c3nc4ccc(C)cc4s3)[C@H]2c2ccc(O)c(OC)c2)c1. The lowest BCUT2D eigenvalue weighted by Gasteiger charge is -2.23. The summed E-state index contributed by atoms with van der Waals surface area (Å²) in [6.07, 6.45) is 0. The number of rotatable bonds is 5. The summed E-state index contributed by atoms with van der Waals surface area (Å²) in [5, 5.41) is 21.8. The lowest BCUT2D eigenvalue weighted by atomic mass is 9.95. The van der Waals surface area contributed by atoms with Gasteiger partial charge in [0.1, 0.15) is 11.5 Å². The molecule has 1 atom stereocenters. The Morgan fingerprint density at radius 3 is 2.58 bits per heavy atom. The minimum atomic E-state index is -1.01.